The molecular formula is C31H34ClFN4O3. The van der Waals surface area contributed by atoms with E-state index in [0.29, 0.717) is 11.3 Å². The summed E-state index contributed by atoms with van der Waals surface area (Å²) in [4.78, 5) is 44.3. The summed E-state index contributed by atoms with van der Waals surface area (Å²) in [5.41, 5.74) is 2.27. The molecule has 1 aromatic heterocycles. The van der Waals surface area contributed by atoms with Crippen LogP contribution in [0.2, 0.25) is 5.02 Å². The maximum Gasteiger partial charge on any atom is 0.243 e. The van der Waals surface area contributed by atoms with Gasteiger partial charge in [0, 0.05) is 53.3 Å². The molecule has 2 aromatic rings. The first-order chi connectivity index (χ1) is 19.1. The molecule has 0 radical (unpaired) electrons. The van der Waals surface area contributed by atoms with Crippen molar-refractivity contribution in [2.24, 2.45) is 5.92 Å². The van der Waals surface area contributed by atoms with Crippen LogP contribution in [0.5, 0.6) is 0 Å². The number of carbonyl (C=O) groups excluding carboxylic acids is 3. The molecule has 210 valence electrons. The van der Waals surface area contributed by atoms with E-state index in [1.165, 1.54) is 23.2 Å². The number of rotatable bonds is 12. The summed E-state index contributed by atoms with van der Waals surface area (Å²) in [7, 11) is 0. The second kappa shape index (κ2) is 16.0. The average molecular weight is 565 g/mol. The van der Waals surface area contributed by atoms with E-state index in [1.807, 2.05) is 6.07 Å². The lowest BCUT2D eigenvalue weighted by atomic mass is 10.0. The number of allylic oxidation sites excluding steroid dienone is 4. The van der Waals surface area contributed by atoms with Crippen molar-refractivity contribution in [2.75, 3.05) is 13.1 Å². The molecule has 2 rings (SSSR count). The van der Waals surface area contributed by atoms with Crippen LogP contribution in [0.25, 0.3) is 0 Å². The van der Waals surface area contributed by atoms with Crippen LogP contribution >= 0.6 is 11.6 Å². The highest BCUT2D eigenvalue weighted by molar-refractivity contribution is 6.30. The molecule has 1 heterocycles. The highest BCUT2D eigenvalue weighted by Gasteiger charge is 2.22. The zero-order valence-corrected chi connectivity index (χ0v) is 23.9. The minimum atomic E-state index is -0.590. The van der Waals surface area contributed by atoms with E-state index in [9.17, 15) is 18.8 Å². The molecule has 1 N–H and O–H groups in total. The summed E-state index contributed by atoms with van der Waals surface area (Å²) >= 11 is 5.80. The number of nitrogens with zero attached hydrogens (tertiary/aromatic N) is 3. The fourth-order valence-corrected chi connectivity index (χ4v) is 3.68. The third kappa shape index (κ3) is 9.83. The van der Waals surface area contributed by atoms with Crippen LogP contribution in [-0.2, 0) is 20.9 Å². The first kappa shape index (κ1) is 32.0. The monoisotopic (exact) mass is 564 g/mol. The Kier molecular flexibility index (Phi) is 12.8. The van der Waals surface area contributed by atoms with E-state index in [0.717, 1.165) is 11.8 Å². The molecule has 0 saturated heterocycles. The summed E-state index contributed by atoms with van der Waals surface area (Å²) in [6, 6.07) is 7.90. The van der Waals surface area contributed by atoms with Crippen LogP contribution in [0.4, 0.5) is 4.39 Å². The van der Waals surface area contributed by atoms with Crippen LogP contribution in [0, 0.1) is 23.6 Å². The minimum absolute atomic E-state index is 0.0261. The Morgan fingerprint density at radius 2 is 1.93 bits per heavy atom. The fraction of sp³-hybridized carbons (Fsp3) is 0.290. The second-order valence-electron chi connectivity index (χ2n) is 9.26. The van der Waals surface area contributed by atoms with Gasteiger partial charge in [0.25, 0.3) is 0 Å². The number of nitrogens with one attached hydrogen (secondary N) is 1. The van der Waals surface area contributed by atoms with Crippen molar-refractivity contribution in [1.29, 1.82) is 0 Å². The molecular weight excluding hydrogens is 531 g/mol. The summed E-state index contributed by atoms with van der Waals surface area (Å²) in [6.07, 6.45) is 9.12. The number of halogens is 2. The number of carbonyl (C=O) groups is 3. The summed E-state index contributed by atoms with van der Waals surface area (Å²) in [5, 5.41) is 2.61. The third-order valence-electron chi connectivity index (χ3n) is 5.96. The van der Waals surface area contributed by atoms with E-state index in [4.69, 9.17) is 11.6 Å². The van der Waals surface area contributed by atoms with E-state index in [-0.39, 0.29) is 42.2 Å². The van der Waals surface area contributed by atoms with Crippen LogP contribution in [0.1, 0.15) is 38.8 Å². The zero-order valence-electron chi connectivity index (χ0n) is 23.2. The molecule has 0 bridgehead atoms. The largest absolute Gasteiger partial charge is 0.350 e. The Morgan fingerprint density at radius 3 is 2.55 bits per heavy atom. The van der Waals surface area contributed by atoms with Crippen molar-refractivity contribution < 1.29 is 18.8 Å². The van der Waals surface area contributed by atoms with Crippen molar-refractivity contribution in [2.45, 2.75) is 40.3 Å². The Hall–Kier alpha value is -4.22. The lowest BCUT2D eigenvalue weighted by Crippen LogP contribution is -2.47. The van der Waals surface area contributed by atoms with Crippen molar-refractivity contribution in [3.8, 4) is 11.8 Å². The number of amides is 2. The molecule has 0 aliphatic rings. The molecule has 0 spiro atoms. The highest BCUT2D eigenvalue weighted by Crippen LogP contribution is 2.17. The fourth-order valence-electron chi connectivity index (χ4n) is 3.49. The lowest BCUT2D eigenvalue weighted by Gasteiger charge is -2.29. The predicted octanol–water partition coefficient (Wildman–Crippen LogP) is 4.89. The molecule has 9 heteroatoms. The minimum Gasteiger partial charge on any atom is -0.350 e. The lowest BCUT2D eigenvalue weighted by molar-refractivity contribution is -0.138. The van der Waals surface area contributed by atoms with E-state index < -0.39 is 17.6 Å². The highest BCUT2D eigenvalue weighted by atomic mass is 35.5. The van der Waals surface area contributed by atoms with E-state index >= 15 is 0 Å². The number of aldehydes is 1. The molecule has 1 atom stereocenters. The molecule has 0 fully saturated rings. The molecule has 40 heavy (non-hydrogen) atoms. The maximum atomic E-state index is 14.1. The summed E-state index contributed by atoms with van der Waals surface area (Å²) in [6.45, 7) is 10.7. The molecule has 0 saturated carbocycles. The number of hydrogen-bond acceptors (Lipinski definition) is 5. The maximum absolute atomic E-state index is 14.1. The molecule has 0 aliphatic carbocycles. The third-order valence-corrected chi connectivity index (χ3v) is 6.25. The van der Waals surface area contributed by atoms with Crippen LogP contribution < -0.4 is 5.32 Å². The second-order valence-corrected chi connectivity index (χ2v) is 9.67. The van der Waals surface area contributed by atoms with E-state index in [2.05, 4.69) is 28.7 Å². The Bertz CT molecular complexity index is 1330. The van der Waals surface area contributed by atoms with E-state index in [1.54, 1.807) is 69.3 Å². The van der Waals surface area contributed by atoms with Gasteiger partial charge in [-0.1, -0.05) is 49.1 Å². The predicted molar refractivity (Wildman–Crippen MR) is 155 cm³/mol. The molecule has 1 unspecified atom stereocenters. The standard InChI is InChI=1S/C31H34ClFN4O3/c1-6-36(24(5)12-14-26(23(4)21-38)15-13-25-9-8-16-34-17-25)20-30(40)37(22(2)3)19-29(39)35-18-27-10-7-11-28(32)31(27)33/h6-12,14,16-17,21-23H,1,18-20H2,2-5H3,(H,35,39)/b24-12+,26-14-. The Labute approximate surface area is 240 Å². The van der Waals surface area contributed by atoms with Gasteiger partial charge < -0.3 is 19.9 Å². The number of benzene rings is 1. The SMILES string of the molecule is C=CN(CC(=O)N(CC(=O)NCc1cccc(Cl)c1F)C(C)C)/C(C)=C/C=C(/C#Cc1cccnc1)C(C)C=O. The first-order valence-electron chi connectivity index (χ1n) is 12.7. The van der Waals surface area contributed by atoms with Gasteiger partial charge in [0.05, 0.1) is 11.6 Å². The van der Waals surface area contributed by atoms with Gasteiger partial charge in [0.15, 0.2) is 0 Å². The van der Waals surface area contributed by atoms with Gasteiger partial charge in [-0.15, -0.1) is 0 Å². The van der Waals surface area contributed by atoms with Crippen molar-refractivity contribution in [3.63, 3.8) is 0 Å². The topological polar surface area (TPSA) is 82.6 Å². The first-order valence-corrected chi connectivity index (χ1v) is 13.1. The van der Waals surface area contributed by atoms with Gasteiger partial charge in [-0.2, -0.15) is 0 Å². The Morgan fingerprint density at radius 1 is 1.18 bits per heavy atom. The van der Waals surface area contributed by atoms with Crippen molar-refractivity contribution in [3.05, 3.63) is 101 Å². The van der Waals surface area contributed by atoms with Crippen LogP contribution in [-0.4, -0.2) is 52.0 Å². The molecule has 2 amide bonds. The summed E-state index contributed by atoms with van der Waals surface area (Å²) in [5.74, 6) is 4.28. The van der Waals surface area contributed by atoms with Gasteiger partial charge in [-0.05, 0) is 57.3 Å². The van der Waals surface area contributed by atoms with Gasteiger partial charge in [0.2, 0.25) is 11.8 Å². The zero-order chi connectivity index (χ0) is 29.7. The number of hydrogen-bond donors (Lipinski definition) is 1. The molecule has 0 aliphatic heterocycles. The van der Waals surface area contributed by atoms with Crippen LogP contribution in [0.15, 0.2) is 78.9 Å². The van der Waals surface area contributed by atoms with Gasteiger partial charge in [-0.3, -0.25) is 14.6 Å². The van der Waals surface area contributed by atoms with Crippen molar-refractivity contribution >= 4 is 29.7 Å². The average Bonchev–Trinajstić information content (AvgIpc) is 2.95. The van der Waals surface area contributed by atoms with Gasteiger partial charge >= 0.3 is 0 Å². The number of aromatic nitrogens is 1. The summed E-state index contributed by atoms with van der Waals surface area (Å²) < 4.78 is 14.1. The molecule has 7 nitrogen and oxygen atoms in total. The van der Waals surface area contributed by atoms with Crippen molar-refractivity contribution in [1.82, 2.24) is 20.1 Å². The quantitative estimate of drug-likeness (QED) is 0.225. The van der Waals surface area contributed by atoms with Crippen LogP contribution in [0.3, 0.4) is 0 Å². The van der Waals surface area contributed by atoms with Gasteiger partial charge in [0.1, 0.15) is 18.6 Å². The smallest absolute Gasteiger partial charge is 0.243 e. The van der Waals surface area contributed by atoms with Gasteiger partial charge in [-0.25, -0.2) is 4.39 Å². The number of pyridine rings is 1. The Balaban J connectivity index is 2.11. The normalized spacial score (nSPS) is 12.2. The molecule has 1 aromatic carbocycles.